The van der Waals surface area contributed by atoms with Crippen molar-refractivity contribution in [3.05, 3.63) is 23.0 Å². The Morgan fingerprint density at radius 3 is 2.36 bits per heavy atom. The Bertz CT molecular complexity index is 393. The van der Waals surface area contributed by atoms with Crippen molar-refractivity contribution in [1.29, 1.82) is 0 Å². The first-order chi connectivity index (χ1) is 6.43. The van der Waals surface area contributed by atoms with Crippen LogP contribution in [0.15, 0.2) is 6.20 Å². The number of carboxylic acids is 2. The van der Waals surface area contributed by atoms with Crippen molar-refractivity contribution in [2.45, 2.75) is 13.3 Å². The van der Waals surface area contributed by atoms with Gasteiger partial charge in [0.1, 0.15) is 0 Å². The van der Waals surface area contributed by atoms with Crippen molar-refractivity contribution >= 4 is 11.9 Å². The van der Waals surface area contributed by atoms with Gasteiger partial charge in [0.05, 0.1) is 6.42 Å². The van der Waals surface area contributed by atoms with Gasteiger partial charge in [-0.3, -0.25) is 4.79 Å². The molecule has 0 radical (unpaired) electrons. The van der Waals surface area contributed by atoms with Crippen molar-refractivity contribution in [1.82, 2.24) is 4.73 Å². The second-order valence-electron chi connectivity index (χ2n) is 2.85. The molecule has 0 atom stereocenters. The van der Waals surface area contributed by atoms with E-state index in [0.29, 0.717) is 4.73 Å². The Labute approximate surface area is 79.0 Å². The van der Waals surface area contributed by atoms with Gasteiger partial charge in [-0.1, -0.05) is 0 Å². The largest absolute Gasteiger partial charge is 0.481 e. The van der Waals surface area contributed by atoms with E-state index in [1.54, 1.807) is 0 Å². The number of carbonyl (C=O) groups is 2. The maximum atomic E-state index is 10.6. The predicted molar refractivity (Wildman–Crippen MR) is 44.7 cm³/mol. The highest BCUT2D eigenvalue weighted by Gasteiger charge is 2.19. The lowest BCUT2D eigenvalue weighted by Gasteiger charge is -1.96. The summed E-state index contributed by atoms with van der Waals surface area (Å²) in [5.74, 6) is -2.36. The molecule has 14 heavy (non-hydrogen) atoms. The molecule has 0 aromatic carbocycles. The Morgan fingerprint density at radius 1 is 1.43 bits per heavy atom. The first-order valence-corrected chi connectivity index (χ1v) is 3.78. The number of hydrogen-bond donors (Lipinski definition) is 3. The Balaban J connectivity index is 3.16. The third-order valence-electron chi connectivity index (χ3n) is 1.89. The number of nitrogens with zero attached hydrogens (tertiary/aromatic N) is 1. The minimum absolute atomic E-state index is 0.266. The van der Waals surface area contributed by atoms with Crippen molar-refractivity contribution in [3.8, 4) is 0 Å². The van der Waals surface area contributed by atoms with Crippen LogP contribution in [0.4, 0.5) is 0 Å². The summed E-state index contributed by atoms with van der Waals surface area (Å²) < 4.78 is 0.427. The molecule has 0 saturated carbocycles. The first-order valence-electron chi connectivity index (χ1n) is 3.78. The smallest absolute Gasteiger partial charge is 0.356 e. The number of rotatable bonds is 3. The highest BCUT2D eigenvalue weighted by molar-refractivity contribution is 5.88. The van der Waals surface area contributed by atoms with Crippen LogP contribution in [0.3, 0.4) is 0 Å². The molecule has 0 spiro atoms. The Morgan fingerprint density at radius 2 is 2.00 bits per heavy atom. The van der Waals surface area contributed by atoms with Gasteiger partial charge in [0.2, 0.25) is 0 Å². The molecule has 6 nitrogen and oxygen atoms in total. The van der Waals surface area contributed by atoms with Crippen LogP contribution in [0.25, 0.3) is 0 Å². The first kappa shape index (κ1) is 10.1. The second kappa shape index (κ2) is 3.41. The fraction of sp³-hybridized carbons (Fsp3) is 0.250. The van der Waals surface area contributed by atoms with Gasteiger partial charge in [-0.05, 0) is 18.1 Å². The molecular formula is C8H9NO5. The fourth-order valence-electron chi connectivity index (χ4n) is 1.23. The van der Waals surface area contributed by atoms with Gasteiger partial charge in [0.15, 0.2) is 5.69 Å². The molecule has 0 aliphatic heterocycles. The summed E-state index contributed by atoms with van der Waals surface area (Å²) in [7, 11) is 0. The average molecular weight is 199 g/mol. The van der Waals surface area contributed by atoms with Crippen LogP contribution in [0, 0.1) is 6.92 Å². The van der Waals surface area contributed by atoms with Crippen LogP contribution >= 0.6 is 0 Å². The van der Waals surface area contributed by atoms with Gasteiger partial charge < -0.3 is 15.4 Å². The van der Waals surface area contributed by atoms with Gasteiger partial charge >= 0.3 is 11.9 Å². The van der Waals surface area contributed by atoms with Gasteiger partial charge in [-0.2, -0.15) is 4.73 Å². The maximum Gasteiger partial charge on any atom is 0.356 e. The predicted octanol–water partition coefficient (Wildman–Crippen LogP) is 0.359. The molecule has 0 amide bonds. The zero-order valence-corrected chi connectivity index (χ0v) is 7.39. The fourth-order valence-corrected chi connectivity index (χ4v) is 1.23. The van der Waals surface area contributed by atoms with Gasteiger partial charge in [0.25, 0.3) is 0 Å². The molecule has 0 aliphatic carbocycles. The van der Waals surface area contributed by atoms with Crippen molar-refractivity contribution in [2.24, 2.45) is 0 Å². The van der Waals surface area contributed by atoms with Crippen LogP contribution < -0.4 is 0 Å². The minimum atomic E-state index is -1.29. The van der Waals surface area contributed by atoms with Crippen LogP contribution in [0.5, 0.6) is 0 Å². The maximum absolute atomic E-state index is 10.6. The highest BCUT2D eigenvalue weighted by Crippen LogP contribution is 2.15. The summed E-state index contributed by atoms with van der Waals surface area (Å²) in [4.78, 5) is 21.0. The lowest BCUT2D eigenvalue weighted by atomic mass is 10.1. The average Bonchev–Trinajstić information content (AvgIpc) is 2.25. The molecule has 6 heteroatoms. The summed E-state index contributed by atoms with van der Waals surface area (Å²) in [6.45, 7) is 1.45. The van der Waals surface area contributed by atoms with E-state index >= 15 is 0 Å². The van der Waals surface area contributed by atoms with Gasteiger partial charge in [-0.15, -0.1) is 0 Å². The lowest BCUT2D eigenvalue weighted by molar-refractivity contribution is -0.136. The normalized spacial score (nSPS) is 10.1. The SMILES string of the molecule is Cc1c(CC(=O)O)cn(O)c1C(=O)O. The molecule has 3 N–H and O–H groups in total. The Hall–Kier alpha value is -1.98. The summed E-state index contributed by atoms with van der Waals surface area (Å²) in [6.07, 6.45) is 0.784. The molecular weight excluding hydrogens is 190 g/mol. The molecule has 1 aromatic heterocycles. The number of hydrogen-bond acceptors (Lipinski definition) is 3. The number of aromatic nitrogens is 1. The van der Waals surface area contributed by atoms with E-state index in [2.05, 4.69) is 0 Å². The zero-order valence-electron chi connectivity index (χ0n) is 7.39. The van der Waals surface area contributed by atoms with Crippen LogP contribution in [0.1, 0.15) is 21.6 Å². The molecule has 0 bridgehead atoms. The molecule has 1 aromatic rings. The molecule has 1 rings (SSSR count). The number of aliphatic carboxylic acids is 1. The summed E-state index contributed by atoms with van der Waals surface area (Å²) in [5.41, 5.74) is 0.251. The van der Waals surface area contributed by atoms with E-state index < -0.39 is 11.9 Å². The molecule has 76 valence electrons. The third-order valence-corrected chi connectivity index (χ3v) is 1.89. The van der Waals surface area contributed by atoms with E-state index in [4.69, 9.17) is 15.4 Å². The Kier molecular flexibility index (Phi) is 2.46. The number of aromatic carboxylic acids is 1. The topological polar surface area (TPSA) is 99.8 Å². The van der Waals surface area contributed by atoms with Crippen molar-refractivity contribution in [3.63, 3.8) is 0 Å². The monoisotopic (exact) mass is 199 g/mol. The minimum Gasteiger partial charge on any atom is -0.481 e. The second-order valence-corrected chi connectivity index (χ2v) is 2.85. The summed E-state index contributed by atoms with van der Waals surface area (Å²) in [5, 5.41) is 26.3. The van der Waals surface area contributed by atoms with E-state index in [0.717, 1.165) is 6.20 Å². The lowest BCUT2D eigenvalue weighted by Crippen LogP contribution is -2.06. The van der Waals surface area contributed by atoms with Crippen LogP contribution in [0.2, 0.25) is 0 Å². The van der Waals surface area contributed by atoms with Crippen molar-refractivity contribution < 1.29 is 25.0 Å². The summed E-state index contributed by atoms with van der Waals surface area (Å²) in [6, 6.07) is 0. The van der Waals surface area contributed by atoms with E-state index in [-0.39, 0.29) is 23.2 Å². The van der Waals surface area contributed by atoms with Gasteiger partial charge in [0, 0.05) is 6.20 Å². The summed E-state index contributed by atoms with van der Waals surface area (Å²) >= 11 is 0. The van der Waals surface area contributed by atoms with Crippen LogP contribution in [-0.2, 0) is 11.2 Å². The molecule has 1 heterocycles. The molecule has 0 fully saturated rings. The molecule has 0 saturated heterocycles. The third kappa shape index (κ3) is 1.68. The highest BCUT2D eigenvalue weighted by atomic mass is 16.5. The van der Waals surface area contributed by atoms with E-state index in [1.165, 1.54) is 6.92 Å². The van der Waals surface area contributed by atoms with Crippen LogP contribution in [-0.4, -0.2) is 32.1 Å². The van der Waals surface area contributed by atoms with E-state index in [9.17, 15) is 9.59 Å². The standard InChI is InChI=1S/C8H9NO5/c1-4-5(2-6(10)11)3-9(14)7(4)8(12)13/h3,14H,2H2,1H3,(H,10,11)(H,12,13). The quantitative estimate of drug-likeness (QED) is 0.610. The zero-order chi connectivity index (χ0) is 10.9. The molecule has 0 unspecified atom stereocenters. The van der Waals surface area contributed by atoms with Crippen molar-refractivity contribution in [2.75, 3.05) is 0 Å². The molecule has 0 aliphatic rings. The number of carboxylic acid groups (broad SMARTS) is 2. The van der Waals surface area contributed by atoms with E-state index in [1.807, 2.05) is 0 Å². The van der Waals surface area contributed by atoms with Gasteiger partial charge in [-0.25, -0.2) is 4.79 Å².